The van der Waals surface area contributed by atoms with Crippen LogP contribution in [0.15, 0.2) is 58.2 Å². The molecule has 1 aliphatic rings. The van der Waals surface area contributed by atoms with Crippen LogP contribution in [0.1, 0.15) is 38.1 Å². The maximum Gasteiger partial charge on any atom is 0.234 e. The number of carbonyl (C=O) groups excluding carboxylic acids is 1. The number of rotatable bonds is 6. The first-order valence-corrected chi connectivity index (χ1v) is 12.1. The number of nitrogens with one attached hydrogen (secondary N) is 1. The molecule has 0 saturated heterocycles. The lowest BCUT2D eigenvalue weighted by Crippen LogP contribution is -2.17. The molecule has 0 atom stereocenters. The van der Waals surface area contributed by atoms with Crippen LogP contribution in [0.5, 0.6) is 0 Å². The first kappa shape index (κ1) is 21.4. The van der Waals surface area contributed by atoms with Crippen molar-refractivity contribution in [2.45, 2.75) is 43.3 Å². The quantitative estimate of drug-likeness (QED) is 0.384. The molecule has 5 nitrogen and oxygen atoms in total. The van der Waals surface area contributed by atoms with Crippen LogP contribution in [-0.2, 0) is 4.79 Å². The van der Waals surface area contributed by atoms with E-state index in [9.17, 15) is 4.79 Å². The highest BCUT2D eigenvalue weighted by Gasteiger charge is 2.24. The molecule has 1 amide bonds. The molecule has 2 aromatic carbocycles. The van der Waals surface area contributed by atoms with Gasteiger partial charge in [0.25, 0.3) is 0 Å². The molecule has 4 rings (SSSR count). The summed E-state index contributed by atoms with van der Waals surface area (Å²) >= 11 is 10.9. The Morgan fingerprint density at radius 1 is 1.13 bits per heavy atom. The van der Waals surface area contributed by atoms with Crippen LogP contribution in [-0.4, -0.2) is 26.4 Å². The van der Waals surface area contributed by atoms with E-state index in [2.05, 4.69) is 48.1 Å². The van der Waals surface area contributed by atoms with Gasteiger partial charge in [0.05, 0.1) is 5.75 Å². The fraction of sp³-hybridized carbons (Fsp3) is 0.318. The van der Waals surface area contributed by atoms with Crippen molar-refractivity contribution in [3.8, 4) is 11.4 Å². The third-order valence-electron chi connectivity index (χ3n) is 5.15. The van der Waals surface area contributed by atoms with Gasteiger partial charge in [-0.05, 0) is 49.2 Å². The fourth-order valence-corrected chi connectivity index (χ4v) is 5.06. The number of carbonyl (C=O) groups is 1. The smallest absolute Gasteiger partial charge is 0.234 e. The summed E-state index contributed by atoms with van der Waals surface area (Å²) in [4.78, 5) is 12.5. The van der Waals surface area contributed by atoms with Crippen molar-refractivity contribution in [3.05, 3.63) is 58.0 Å². The highest BCUT2D eigenvalue weighted by Crippen LogP contribution is 2.36. The minimum Gasteiger partial charge on any atom is -0.325 e. The van der Waals surface area contributed by atoms with Gasteiger partial charge in [0, 0.05) is 26.8 Å². The van der Waals surface area contributed by atoms with Gasteiger partial charge in [0.1, 0.15) is 0 Å². The predicted octanol–water partition coefficient (Wildman–Crippen LogP) is 6.60. The molecule has 3 aromatic rings. The Bertz CT molecular complexity index is 1020. The Morgan fingerprint density at radius 3 is 2.63 bits per heavy atom. The van der Waals surface area contributed by atoms with Crippen LogP contribution >= 0.6 is 39.3 Å². The Kier molecular flexibility index (Phi) is 7.12. The van der Waals surface area contributed by atoms with Gasteiger partial charge in [-0.25, -0.2) is 0 Å². The highest BCUT2D eigenvalue weighted by molar-refractivity contribution is 9.10. The molecule has 0 radical (unpaired) electrons. The van der Waals surface area contributed by atoms with Gasteiger partial charge in [-0.2, -0.15) is 0 Å². The van der Waals surface area contributed by atoms with Gasteiger partial charge < -0.3 is 5.32 Å². The second kappa shape index (κ2) is 9.98. The van der Waals surface area contributed by atoms with Gasteiger partial charge >= 0.3 is 0 Å². The molecule has 0 aliphatic heterocycles. The van der Waals surface area contributed by atoms with Crippen LogP contribution in [0.4, 0.5) is 5.69 Å². The van der Waals surface area contributed by atoms with Crippen LogP contribution < -0.4 is 5.32 Å². The van der Waals surface area contributed by atoms with Gasteiger partial charge in [-0.3, -0.25) is 9.36 Å². The molecule has 1 saturated carbocycles. The minimum absolute atomic E-state index is 0.0791. The lowest BCUT2D eigenvalue weighted by Gasteiger charge is -2.25. The molecule has 8 heteroatoms. The largest absolute Gasteiger partial charge is 0.325 e. The SMILES string of the molecule is O=C(CSc1nnc(-c2cccc(Br)c2)n1C1CCCCC1)Nc1ccc(Cl)cc1. The van der Waals surface area contributed by atoms with Crippen molar-refractivity contribution in [3.63, 3.8) is 0 Å². The van der Waals surface area contributed by atoms with Crippen LogP contribution in [0.3, 0.4) is 0 Å². The molecule has 1 aliphatic carbocycles. The van der Waals surface area contributed by atoms with Crippen molar-refractivity contribution >= 4 is 50.9 Å². The summed E-state index contributed by atoms with van der Waals surface area (Å²) in [6.07, 6.45) is 5.92. The maximum atomic E-state index is 12.5. The first-order chi connectivity index (χ1) is 14.6. The molecule has 1 fully saturated rings. The van der Waals surface area contributed by atoms with E-state index >= 15 is 0 Å². The van der Waals surface area contributed by atoms with Crippen LogP contribution in [0.2, 0.25) is 5.02 Å². The summed E-state index contributed by atoms with van der Waals surface area (Å²) in [5, 5.41) is 13.3. The number of benzene rings is 2. The Balaban J connectivity index is 1.53. The average Bonchev–Trinajstić information content (AvgIpc) is 3.19. The number of thioether (sulfide) groups is 1. The van der Waals surface area contributed by atoms with E-state index < -0.39 is 0 Å². The van der Waals surface area contributed by atoms with E-state index in [-0.39, 0.29) is 11.7 Å². The standard InChI is InChI=1S/C22H22BrClN4OS/c23-16-6-4-5-15(13-16)21-26-27-22(28(21)19-7-2-1-3-8-19)30-14-20(29)25-18-11-9-17(24)10-12-18/h4-6,9-13,19H,1-3,7-8,14H2,(H,25,29). The highest BCUT2D eigenvalue weighted by atomic mass is 79.9. The Morgan fingerprint density at radius 2 is 1.90 bits per heavy atom. The maximum absolute atomic E-state index is 12.5. The van der Waals surface area contributed by atoms with E-state index in [4.69, 9.17) is 11.6 Å². The zero-order chi connectivity index (χ0) is 20.9. The van der Waals surface area contributed by atoms with Crippen molar-refractivity contribution in [2.75, 3.05) is 11.1 Å². The number of aromatic nitrogens is 3. The first-order valence-electron chi connectivity index (χ1n) is 9.99. The van der Waals surface area contributed by atoms with E-state index in [1.807, 2.05) is 12.1 Å². The second-order valence-electron chi connectivity index (χ2n) is 7.32. The zero-order valence-electron chi connectivity index (χ0n) is 16.4. The van der Waals surface area contributed by atoms with Crippen molar-refractivity contribution in [1.29, 1.82) is 0 Å². The van der Waals surface area contributed by atoms with Crippen LogP contribution in [0.25, 0.3) is 11.4 Å². The molecule has 0 spiro atoms. The summed E-state index contributed by atoms with van der Waals surface area (Å²) in [6.45, 7) is 0. The van der Waals surface area contributed by atoms with Crippen molar-refractivity contribution in [1.82, 2.24) is 14.8 Å². The summed E-state index contributed by atoms with van der Waals surface area (Å²) < 4.78 is 3.25. The van der Waals surface area contributed by atoms with Gasteiger partial charge in [-0.15, -0.1) is 10.2 Å². The molecule has 0 bridgehead atoms. The normalized spacial score (nSPS) is 14.6. The number of anilines is 1. The number of hydrogen-bond donors (Lipinski definition) is 1. The molecule has 1 aromatic heterocycles. The molecule has 1 heterocycles. The summed E-state index contributed by atoms with van der Waals surface area (Å²) in [5.74, 6) is 1.06. The Hall–Kier alpha value is -1.83. The average molecular weight is 506 g/mol. The predicted molar refractivity (Wildman–Crippen MR) is 126 cm³/mol. The topological polar surface area (TPSA) is 59.8 Å². The molecule has 0 unspecified atom stereocenters. The van der Waals surface area contributed by atoms with Crippen molar-refractivity contribution < 1.29 is 4.79 Å². The van der Waals surface area contributed by atoms with E-state index in [1.165, 1.54) is 31.0 Å². The number of nitrogens with zero attached hydrogens (tertiary/aromatic N) is 3. The monoisotopic (exact) mass is 504 g/mol. The minimum atomic E-state index is -0.0791. The molecule has 30 heavy (non-hydrogen) atoms. The molecule has 1 N–H and O–H groups in total. The lowest BCUT2D eigenvalue weighted by atomic mass is 9.95. The van der Waals surface area contributed by atoms with E-state index in [0.29, 0.717) is 11.1 Å². The van der Waals surface area contributed by atoms with Gasteiger partial charge in [0.15, 0.2) is 11.0 Å². The third-order valence-corrected chi connectivity index (χ3v) is 6.84. The lowest BCUT2D eigenvalue weighted by molar-refractivity contribution is -0.113. The van der Waals surface area contributed by atoms with Crippen molar-refractivity contribution in [2.24, 2.45) is 0 Å². The summed E-state index contributed by atoms with van der Waals surface area (Å²) in [7, 11) is 0. The number of amides is 1. The molecular weight excluding hydrogens is 484 g/mol. The van der Waals surface area contributed by atoms with E-state index in [0.717, 1.165) is 39.5 Å². The van der Waals surface area contributed by atoms with Gasteiger partial charge in [0.2, 0.25) is 5.91 Å². The number of halogens is 2. The summed E-state index contributed by atoms with van der Waals surface area (Å²) in [6, 6.07) is 15.6. The second-order valence-corrected chi connectivity index (χ2v) is 9.62. The molecule has 156 valence electrons. The third kappa shape index (κ3) is 5.25. The zero-order valence-corrected chi connectivity index (χ0v) is 19.5. The Labute approximate surface area is 193 Å². The van der Waals surface area contributed by atoms with E-state index in [1.54, 1.807) is 24.3 Å². The fourth-order valence-electron chi connectivity index (χ4n) is 3.73. The summed E-state index contributed by atoms with van der Waals surface area (Å²) in [5.41, 5.74) is 1.76. The number of hydrogen-bond acceptors (Lipinski definition) is 4. The van der Waals surface area contributed by atoms with Gasteiger partial charge in [-0.1, -0.05) is 70.7 Å². The van der Waals surface area contributed by atoms with Crippen LogP contribution in [0, 0.1) is 0 Å². The molecular formula is C22H22BrClN4OS.